The van der Waals surface area contributed by atoms with E-state index in [1.54, 1.807) is 6.92 Å². The molecule has 7 heteroatoms. The number of hydrogen-bond acceptors (Lipinski definition) is 4. The maximum Gasteiger partial charge on any atom is 0.362 e. The number of ether oxygens (including phenoxy) is 1. The Morgan fingerprint density at radius 3 is 2.80 bits per heavy atom. The molecule has 0 saturated carbocycles. The van der Waals surface area contributed by atoms with Crippen LogP contribution in [-0.2, 0) is 6.54 Å². The van der Waals surface area contributed by atoms with E-state index in [0.29, 0.717) is 6.54 Å². The fourth-order valence-electron chi connectivity index (χ4n) is 1.68. The van der Waals surface area contributed by atoms with Gasteiger partial charge in [-0.2, -0.15) is 5.10 Å². The molecule has 20 heavy (non-hydrogen) atoms. The van der Waals surface area contributed by atoms with E-state index in [2.05, 4.69) is 5.10 Å². The number of nitrogens with zero attached hydrogens (tertiary/aromatic N) is 2. The van der Waals surface area contributed by atoms with Crippen LogP contribution in [0.5, 0.6) is 5.75 Å². The Morgan fingerprint density at radius 2 is 2.20 bits per heavy atom. The number of rotatable bonds is 4. The number of esters is 1. The van der Waals surface area contributed by atoms with Crippen LogP contribution in [0.3, 0.4) is 0 Å². The Hall–Kier alpha value is -2.70. The van der Waals surface area contributed by atoms with Gasteiger partial charge in [0.2, 0.25) is 0 Å². The maximum absolute atomic E-state index is 13.0. The summed E-state index contributed by atoms with van der Waals surface area (Å²) in [5.74, 6) is -2.74. The molecule has 104 valence electrons. The minimum atomic E-state index is -1.28. The van der Waals surface area contributed by atoms with Crippen LogP contribution in [0.15, 0.2) is 30.5 Å². The highest BCUT2D eigenvalue weighted by molar-refractivity contribution is 6.01. The fourth-order valence-corrected chi connectivity index (χ4v) is 1.68. The summed E-state index contributed by atoms with van der Waals surface area (Å²) in [5.41, 5.74) is -0.433. The van der Waals surface area contributed by atoms with Gasteiger partial charge in [0.1, 0.15) is 17.1 Å². The predicted molar refractivity (Wildman–Crippen MR) is 66.2 cm³/mol. The largest absolute Gasteiger partial charge is 0.478 e. The zero-order valence-corrected chi connectivity index (χ0v) is 10.5. The molecule has 0 spiro atoms. The second kappa shape index (κ2) is 5.52. The zero-order valence-electron chi connectivity index (χ0n) is 10.5. The lowest BCUT2D eigenvalue weighted by Crippen LogP contribution is -2.18. The SMILES string of the molecule is CCn1ncc(C(=O)O)c1C(=O)Oc1cccc(F)c1. The third kappa shape index (κ3) is 2.66. The number of carboxylic acids is 1. The number of hydrogen-bond donors (Lipinski definition) is 1. The third-order valence-corrected chi connectivity index (χ3v) is 2.57. The van der Waals surface area contributed by atoms with E-state index in [9.17, 15) is 14.0 Å². The van der Waals surface area contributed by atoms with Crippen molar-refractivity contribution in [1.29, 1.82) is 0 Å². The highest BCUT2D eigenvalue weighted by Gasteiger charge is 2.24. The summed E-state index contributed by atoms with van der Waals surface area (Å²) in [6.07, 6.45) is 1.08. The molecule has 2 aromatic rings. The average molecular weight is 278 g/mol. The van der Waals surface area contributed by atoms with Crippen molar-refractivity contribution in [2.24, 2.45) is 0 Å². The van der Waals surface area contributed by atoms with Crippen LogP contribution < -0.4 is 4.74 Å². The molecule has 0 aliphatic rings. The van der Waals surface area contributed by atoms with Crippen molar-refractivity contribution in [3.8, 4) is 5.75 Å². The van der Waals surface area contributed by atoms with Gasteiger partial charge in [0.05, 0.1) is 6.20 Å². The predicted octanol–water partition coefficient (Wildman–Crippen LogP) is 1.96. The van der Waals surface area contributed by atoms with E-state index in [1.807, 2.05) is 0 Å². The first-order valence-electron chi connectivity index (χ1n) is 5.79. The summed E-state index contributed by atoms with van der Waals surface area (Å²) in [7, 11) is 0. The third-order valence-electron chi connectivity index (χ3n) is 2.57. The molecule has 0 amide bonds. The van der Waals surface area contributed by atoms with Gasteiger partial charge in [0, 0.05) is 12.6 Å². The molecule has 0 saturated heterocycles. The van der Waals surface area contributed by atoms with E-state index in [1.165, 1.54) is 22.9 Å². The summed E-state index contributed by atoms with van der Waals surface area (Å²) in [4.78, 5) is 23.1. The normalized spacial score (nSPS) is 10.3. The number of carboxylic acid groups (broad SMARTS) is 1. The van der Waals surface area contributed by atoms with Gasteiger partial charge in [-0.1, -0.05) is 6.07 Å². The Balaban J connectivity index is 2.33. The van der Waals surface area contributed by atoms with Gasteiger partial charge in [0.25, 0.3) is 0 Å². The highest BCUT2D eigenvalue weighted by Crippen LogP contribution is 2.16. The smallest absolute Gasteiger partial charge is 0.362 e. The van der Waals surface area contributed by atoms with E-state index >= 15 is 0 Å². The first-order chi connectivity index (χ1) is 9.52. The van der Waals surface area contributed by atoms with Gasteiger partial charge in [-0.15, -0.1) is 0 Å². The highest BCUT2D eigenvalue weighted by atomic mass is 19.1. The second-order valence-corrected chi connectivity index (χ2v) is 3.87. The number of aryl methyl sites for hydroxylation is 1. The van der Waals surface area contributed by atoms with Crippen molar-refractivity contribution < 1.29 is 23.8 Å². The standard InChI is InChI=1S/C13H11FN2O4/c1-2-16-11(10(7-15-16)12(17)18)13(19)20-9-5-3-4-8(14)6-9/h3-7H,2H2,1H3,(H,17,18). The topological polar surface area (TPSA) is 81.4 Å². The molecule has 1 aromatic heterocycles. The Kier molecular flexibility index (Phi) is 3.79. The molecule has 1 aromatic carbocycles. The number of aromatic nitrogens is 2. The summed E-state index contributed by atoms with van der Waals surface area (Å²) >= 11 is 0. The molecule has 0 radical (unpaired) electrons. The van der Waals surface area contributed by atoms with Crippen molar-refractivity contribution in [2.75, 3.05) is 0 Å². The molecular weight excluding hydrogens is 267 g/mol. The monoisotopic (exact) mass is 278 g/mol. The first-order valence-corrected chi connectivity index (χ1v) is 5.79. The molecule has 0 unspecified atom stereocenters. The van der Waals surface area contributed by atoms with Crippen LogP contribution >= 0.6 is 0 Å². The molecule has 0 bridgehead atoms. The summed E-state index contributed by atoms with van der Waals surface area (Å²) < 4.78 is 19.2. The van der Waals surface area contributed by atoms with Gasteiger partial charge < -0.3 is 9.84 Å². The van der Waals surface area contributed by atoms with Gasteiger partial charge >= 0.3 is 11.9 Å². The molecule has 2 rings (SSSR count). The number of carbonyl (C=O) groups is 2. The summed E-state index contributed by atoms with van der Waals surface area (Å²) in [6, 6.07) is 5.02. The van der Waals surface area contributed by atoms with Crippen LogP contribution in [0.1, 0.15) is 27.8 Å². The quantitative estimate of drug-likeness (QED) is 0.683. The number of carbonyl (C=O) groups excluding carboxylic acids is 1. The van der Waals surface area contributed by atoms with Crippen LogP contribution in [0, 0.1) is 5.82 Å². The van der Waals surface area contributed by atoms with Crippen molar-refractivity contribution in [3.63, 3.8) is 0 Å². The fraction of sp³-hybridized carbons (Fsp3) is 0.154. The molecule has 0 aliphatic heterocycles. The van der Waals surface area contributed by atoms with E-state index in [4.69, 9.17) is 9.84 Å². The first kappa shape index (κ1) is 13.7. The lowest BCUT2D eigenvalue weighted by Gasteiger charge is -2.07. The lowest BCUT2D eigenvalue weighted by atomic mass is 10.2. The lowest BCUT2D eigenvalue weighted by molar-refractivity contribution is 0.0662. The molecule has 1 N–H and O–H groups in total. The molecule has 1 heterocycles. The Morgan fingerprint density at radius 1 is 1.45 bits per heavy atom. The van der Waals surface area contributed by atoms with Crippen LogP contribution in [0.2, 0.25) is 0 Å². The van der Waals surface area contributed by atoms with E-state index in [-0.39, 0.29) is 17.0 Å². The number of halogens is 1. The molecule has 0 aliphatic carbocycles. The minimum absolute atomic E-state index is 0.00445. The van der Waals surface area contributed by atoms with Crippen LogP contribution in [-0.4, -0.2) is 26.8 Å². The minimum Gasteiger partial charge on any atom is -0.478 e. The van der Waals surface area contributed by atoms with Crippen LogP contribution in [0.25, 0.3) is 0 Å². The maximum atomic E-state index is 13.0. The van der Waals surface area contributed by atoms with Crippen molar-refractivity contribution in [1.82, 2.24) is 9.78 Å². The van der Waals surface area contributed by atoms with Gasteiger partial charge in [-0.25, -0.2) is 14.0 Å². The van der Waals surface area contributed by atoms with Gasteiger partial charge in [-0.05, 0) is 19.1 Å². The molecule has 6 nitrogen and oxygen atoms in total. The van der Waals surface area contributed by atoms with Gasteiger partial charge in [0.15, 0.2) is 5.69 Å². The Labute approximate surface area is 113 Å². The summed E-state index contributed by atoms with van der Waals surface area (Å²) in [5, 5.41) is 12.8. The van der Waals surface area contributed by atoms with E-state index < -0.39 is 17.8 Å². The zero-order chi connectivity index (χ0) is 14.7. The number of benzene rings is 1. The average Bonchev–Trinajstić information content (AvgIpc) is 2.82. The van der Waals surface area contributed by atoms with Crippen molar-refractivity contribution in [2.45, 2.75) is 13.5 Å². The summed E-state index contributed by atoms with van der Waals surface area (Å²) in [6.45, 7) is 2.01. The molecular formula is C13H11FN2O4. The van der Waals surface area contributed by atoms with Crippen molar-refractivity contribution in [3.05, 3.63) is 47.5 Å². The van der Waals surface area contributed by atoms with Gasteiger partial charge in [-0.3, -0.25) is 4.68 Å². The van der Waals surface area contributed by atoms with Crippen molar-refractivity contribution >= 4 is 11.9 Å². The van der Waals surface area contributed by atoms with E-state index in [0.717, 1.165) is 12.3 Å². The second-order valence-electron chi connectivity index (χ2n) is 3.87. The van der Waals surface area contributed by atoms with Crippen LogP contribution in [0.4, 0.5) is 4.39 Å². The molecule has 0 fully saturated rings. The Bertz CT molecular complexity index is 666. The molecule has 0 atom stereocenters. The number of aromatic carboxylic acids is 1.